The molecule has 1 saturated carbocycles. The molecule has 0 saturated heterocycles. The molecule has 0 aromatic carbocycles. The number of nitrogens with one attached hydrogen (secondary N) is 3. The van der Waals surface area contributed by atoms with Crippen molar-refractivity contribution in [3.05, 3.63) is 17.7 Å². The van der Waals surface area contributed by atoms with E-state index in [1.54, 1.807) is 0 Å². The molecule has 0 bridgehead atoms. The molecule has 1 aromatic rings. The molecule has 1 amide bonds. The maximum absolute atomic E-state index is 12.7. The van der Waals surface area contributed by atoms with Crippen LogP contribution in [0.5, 0.6) is 0 Å². The molecule has 0 unspecified atom stereocenters. The van der Waals surface area contributed by atoms with Crippen LogP contribution in [-0.2, 0) is 11.0 Å². The van der Waals surface area contributed by atoms with Crippen LogP contribution in [0.2, 0.25) is 0 Å². The minimum atomic E-state index is -4.43. The molecule has 0 spiro atoms. The molecule has 8 heteroatoms. The van der Waals surface area contributed by atoms with Gasteiger partial charge in [0.05, 0.1) is 5.56 Å². The second kappa shape index (κ2) is 6.19. The van der Waals surface area contributed by atoms with E-state index in [-0.39, 0.29) is 23.5 Å². The lowest BCUT2D eigenvalue weighted by Gasteiger charge is -2.12. The van der Waals surface area contributed by atoms with Gasteiger partial charge < -0.3 is 16.0 Å². The summed E-state index contributed by atoms with van der Waals surface area (Å²) >= 11 is 0. The molecule has 1 heterocycles. The first-order valence-corrected chi connectivity index (χ1v) is 6.69. The van der Waals surface area contributed by atoms with Crippen molar-refractivity contribution < 1.29 is 18.0 Å². The maximum Gasteiger partial charge on any atom is 0.416 e. The van der Waals surface area contributed by atoms with Crippen LogP contribution in [0.25, 0.3) is 0 Å². The Morgan fingerprint density at radius 2 is 1.95 bits per heavy atom. The standard InChI is InChI=1S/C13H17F3N4O/c1-17-10-6-9(13(14,15)16)7-11(20-10)18-4-5-19-12(21)8-2-3-8/h6-8H,2-5H2,1H3,(H,19,21)(H2,17,18,20). The van der Waals surface area contributed by atoms with Gasteiger partial charge in [-0.3, -0.25) is 4.79 Å². The summed E-state index contributed by atoms with van der Waals surface area (Å²) in [6, 6.07) is 1.89. The van der Waals surface area contributed by atoms with Crippen LogP contribution < -0.4 is 16.0 Å². The molecule has 1 aliphatic carbocycles. The van der Waals surface area contributed by atoms with Crippen LogP contribution in [0.4, 0.5) is 24.8 Å². The number of pyridine rings is 1. The lowest BCUT2D eigenvalue weighted by Crippen LogP contribution is -2.30. The minimum absolute atomic E-state index is 0.00437. The number of amides is 1. The van der Waals surface area contributed by atoms with Gasteiger partial charge in [-0.25, -0.2) is 4.98 Å². The number of carbonyl (C=O) groups excluding carboxylic acids is 1. The lowest BCUT2D eigenvalue weighted by molar-refractivity contribution is -0.137. The average molecular weight is 302 g/mol. The summed E-state index contributed by atoms with van der Waals surface area (Å²) in [5.74, 6) is 0.376. The van der Waals surface area contributed by atoms with Crippen molar-refractivity contribution in [2.45, 2.75) is 19.0 Å². The lowest BCUT2D eigenvalue weighted by atomic mass is 10.2. The summed E-state index contributed by atoms with van der Waals surface area (Å²) in [5.41, 5.74) is -0.772. The fraction of sp³-hybridized carbons (Fsp3) is 0.538. The zero-order valence-corrected chi connectivity index (χ0v) is 11.5. The van der Waals surface area contributed by atoms with Gasteiger partial charge in [0.25, 0.3) is 0 Å². The number of nitrogens with zero attached hydrogens (tertiary/aromatic N) is 1. The highest BCUT2D eigenvalue weighted by molar-refractivity contribution is 5.80. The van der Waals surface area contributed by atoms with Gasteiger partial charge in [-0.1, -0.05) is 0 Å². The molecule has 3 N–H and O–H groups in total. The van der Waals surface area contributed by atoms with Crippen molar-refractivity contribution in [1.82, 2.24) is 10.3 Å². The van der Waals surface area contributed by atoms with Crippen LogP contribution in [0.15, 0.2) is 12.1 Å². The van der Waals surface area contributed by atoms with Gasteiger partial charge in [0.15, 0.2) is 0 Å². The maximum atomic E-state index is 12.7. The third-order valence-corrected chi connectivity index (χ3v) is 3.09. The predicted molar refractivity (Wildman–Crippen MR) is 73.0 cm³/mol. The van der Waals surface area contributed by atoms with E-state index in [0.717, 1.165) is 25.0 Å². The van der Waals surface area contributed by atoms with Gasteiger partial charge in [0.2, 0.25) is 5.91 Å². The molecule has 1 aromatic heterocycles. The zero-order valence-electron chi connectivity index (χ0n) is 11.5. The monoisotopic (exact) mass is 302 g/mol. The number of anilines is 2. The van der Waals surface area contributed by atoms with E-state index in [4.69, 9.17) is 0 Å². The first-order valence-electron chi connectivity index (χ1n) is 6.69. The molecule has 0 aliphatic heterocycles. The van der Waals surface area contributed by atoms with Gasteiger partial charge in [-0.15, -0.1) is 0 Å². The van der Waals surface area contributed by atoms with E-state index in [2.05, 4.69) is 20.9 Å². The van der Waals surface area contributed by atoms with E-state index < -0.39 is 11.7 Å². The Kier molecular flexibility index (Phi) is 4.54. The number of alkyl halides is 3. The van der Waals surface area contributed by atoms with Crippen LogP contribution in [0.3, 0.4) is 0 Å². The Bertz CT molecular complexity index is 515. The molecular weight excluding hydrogens is 285 g/mol. The van der Waals surface area contributed by atoms with Crippen molar-refractivity contribution >= 4 is 17.5 Å². The fourth-order valence-corrected chi connectivity index (χ4v) is 1.78. The normalized spacial score (nSPS) is 14.7. The summed E-state index contributed by atoms with van der Waals surface area (Å²) in [6.45, 7) is 0.665. The zero-order chi connectivity index (χ0) is 15.5. The Morgan fingerprint density at radius 3 is 2.52 bits per heavy atom. The fourth-order valence-electron chi connectivity index (χ4n) is 1.78. The predicted octanol–water partition coefficient (Wildman–Crippen LogP) is 2.08. The quantitative estimate of drug-likeness (QED) is 0.704. The van der Waals surface area contributed by atoms with Gasteiger partial charge >= 0.3 is 6.18 Å². The van der Waals surface area contributed by atoms with E-state index >= 15 is 0 Å². The van der Waals surface area contributed by atoms with Crippen molar-refractivity contribution in [1.29, 1.82) is 0 Å². The van der Waals surface area contributed by atoms with Crippen LogP contribution in [0.1, 0.15) is 18.4 Å². The number of carbonyl (C=O) groups is 1. The molecule has 0 atom stereocenters. The van der Waals surface area contributed by atoms with E-state index in [0.29, 0.717) is 13.1 Å². The summed E-state index contributed by atoms with van der Waals surface area (Å²) in [5, 5.41) is 8.09. The molecule has 0 radical (unpaired) electrons. The highest BCUT2D eigenvalue weighted by Gasteiger charge is 2.31. The van der Waals surface area contributed by atoms with Crippen LogP contribution in [-0.4, -0.2) is 31.0 Å². The highest BCUT2D eigenvalue weighted by Crippen LogP contribution is 2.32. The Labute approximate surface area is 120 Å². The molecule has 116 valence electrons. The SMILES string of the molecule is CNc1cc(C(F)(F)F)cc(NCCNC(=O)C2CC2)n1. The molecule has 1 fully saturated rings. The second-order valence-electron chi connectivity index (χ2n) is 4.87. The second-order valence-corrected chi connectivity index (χ2v) is 4.87. The first kappa shape index (κ1) is 15.4. The summed E-state index contributed by atoms with van der Waals surface area (Å²) in [7, 11) is 1.50. The van der Waals surface area contributed by atoms with Crippen molar-refractivity contribution in [2.24, 2.45) is 5.92 Å². The number of halogens is 3. The summed E-state index contributed by atoms with van der Waals surface area (Å²) in [4.78, 5) is 15.4. The molecular formula is C13H17F3N4O. The van der Waals surface area contributed by atoms with Gasteiger partial charge in [0, 0.05) is 26.1 Å². The smallest absolute Gasteiger partial charge is 0.373 e. The van der Waals surface area contributed by atoms with Crippen LogP contribution in [0, 0.1) is 5.92 Å². The largest absolute Gasteiger partial charge is 0.416 e. The Hall–Kier alpha value is -1.99. The van der Waals surface area contributed by atoms with Crippen molar-refractivity contribution in [2.75, 3.05) is 30.8 Å². The van der Waals surface area contributed by atoms with E-state index in [1.165, 1.54) is 7.05 Å². The average Bonchev–Trinajstić information content (AvgIpc) is 3.26. The van der Waals surface area contributed by atoms with Gasteiger partial charge in [-0.2, -0.15) is 13.2 Å². The topological polar surface area (TPSA) is 66.0 Å². The highest BCUT2D eigenvalue weighted by atomic mass is 19.4. The van der Waals surface area contributed by atoms with E-state index in [9.17, 15) is 18.0 Å². The minimum Gasteiger partial charge on any atom is -0.373 e. The Balaban J connectivity index is 1.90. The number of hydrogen-bond acceptors (Lipinski definition) is 4. The van der Waals surface area contributed by atoms with E-state index in [1.807, 2.05) is 0 Å². The summed E-state index contributed by atoms with van der Waals surface area (Å²) < 4.78 is 38.2. The summed E-state index contributed by atoms with van der Waals surface area (Å²) in [6.07, 6.45) is -2.59. The van der Waals surface area contributed by atoms with Gasteiger partial charge in [-0.05, 0) is 25.0 Å². The molecule has 5 nitrogen and oxygen atoms in total. The number of aromatic nitrogens is 1. The Morgan fingerprint density at radius 1 is 1.29 bits per heavy atom. The van der Waals surface area contributed by atoms with Crippen LogP contribution >= 0.6 is 0 Å². The first-order chi connectivity index (χ1) is 9.90. The van der Waals surface area contributed by atoms with Crippen molar-refractivity contribution in [3.63, 3.8) is 0 Å². The molecule has 21 heavy (non-hydrogen) atoms. The molecule has 2 rings (SSSR count). The third-order valence-electron chi connectivity index (χ3n) is 3.09. The number of rotatable bonds is 6. The van der Waals surface area contributed by atoms with Crippen molar-refractivity contribution in [3.8, 4) is 0 Å². The molecule has 1 aliphatic rings. The number of hydrogen-bond donors (Lipinski definition) is 3. The van der Waals surface area contributed by atoms with Gasteiger partial charge in [0.1, 0.15) is 11.6 Å². The third kappa shape index (κ3) is 4.51.